The Kier molecular flexibility index (Phi) is 37.3. The molecule has 0 amide bonds. The van der Waals surface area contributed by atoms with E-state index in [9.17, 15) is 33.5 Å². The van der Waals surface area contributed by atoms with Crippen molar-refractivity contribution >= 4 is 33.4 Å². The molecular weight excluding hydrogens is 814 g/mol. The average Bonchev–Trinajstić information content (AvgIpc) is 3.20. The second kappa shape index (κ2) is 39.1. The third kappa shape index (κ3) is 41.9. The first-order valence-corrected chi connectivity index (χ1v) is 24.6. The van der Waals surface area contributed by atoms with Gasteiger partial charge in [0.15, 0.2) is 11.9 Å². The van der Waals surface area contributed by atoms with Crippen molar-refractivity contribution in [3.63, 3.8) is 0 Å². The fourth-order valence-corrected chi connectivity index (χ4v) is 6.42. The molecule has 1 unspecified atom stereocenters. The first kappa shape index (κ1) is 57.2. The molecule has 0 aliphatic carbocycles. The largest absolute Gasteiger partial charge is 0.472 e. The molecule has 0 radical (unpaired) electrons. The van der Waals surface area contributed by atoms with Crippen LogP contribution < -0.4 is 0 Å². The van der Waals surface area contributed by atoms with E-state index < -0.39 is 66.2 Å². The third-order valence-corrected chi connectivity index (χ3v) is 9.98. The minimum atomic E-state index is -4.88. The molecular formula is C44H74O14P2. The number of esters is 2. The summed E-state index contributed by atoms with van der Waals surface area (Å²) in [5, 5.41) is 9.74. The molecule has 0 saturated heterocycles. The van der Waals surface area contributed by atoms with Crippen molar-refractivity contribution in [2.75, 3.05) is 26.4 Å². The van der Waals surface area contributed by atoms with Crippen LogP contribution in [0.4, 0.5) is 0 Å². The number of ketones is 1. The fraction of sp³-hybridized carbons (Fsp3) is 0.659. The van der Waals surface area contributed by atoms with Gasteiger partial charge < -0.3 is 29.3 Å². The smallest absolute Gasteiger partial charge is 0.462 e. The quantitative estimate of drug-likeness (QED) is 0.0113. The summed E-state index contributed by atoms with van der Waals surface area (Å²) in [6, 6.07) is 0. The minimum Gasteiger partial charge on any atom is -0.462 e. The van der Waals surface area contributed by atoms with Crippen LogP contribution in [0.3, 0.4) is 0 Å². The summed E-state index contributed by atoms with van der Waals surface area (Å²) < 4.78 is 47.6. The molecule has 344 valence electrons. The number of phosphoric acid groups is 2. The van der Waals surface area contributed by atoms with Crippen LogP contribution in [0.15, 0.2) is 72.9 Å². The molecule has 0 saturated carbocycles. The Balaban J connectivity index is 4.66. The van der Waals surface area contributed by atoms with Crippen LogP contribution in [-0.4, -0.2) is 76.1 Å². The molecule has 0 aromatic carbocycles. The summed E-state index contributed by atoms with van der Waals surface area (Å²) in [4.78, 5) is 64.7. The van der Waals surface area contributed by atoms with E-state index in [1.165, 1.54) is 12.8 Å². The second-order valence-electron chi connectivity index (χ2n) is 14.3. The van der Waals surface area contributed by atoms with Crippen molar-refractivity contribution in [3.8, 4) is 0 Å². The minimum absolute atomic E-state index is 0.0749. The number of phosphoric ester groups is 2. The van der Waals surface area contributed by atoms with Gasteiger partial charge in [-0.15, -0.1) is 0 Å². The standard InChI is InChI=1S/C44H74O14P2/c1-3-5-7-9-11-12-13-14-15-16-17-18-19-20-22-26-31-35-44(48)58-42(39-57-60(52,53)56-37-41(46)36-55-59(49,50)51)38-54-43(47)34-30-27-23-25-29-33-40(45)32-28-24-21-10-8-6-4-2/h5,7,11-12,14-15,17-18,21,24,28,32,41-42,46H,3-4,6,8-10,13,16,19-20,22-23,25-27,29-31,33-39H2,1-2H3,(H,52,53)(H2,49,50,51)/b7-5-,12-11-,15-14-,18-17-,24-21-,32-28+/t41-,42+/m0/s1. The molecule has 3 atom stereocenters. The molecule has 16 heteroatoms. The van der Waals surface area contributed by atoms with E-state index in [0.29, 0.717) is 19.3 Å². The summed E-state index contributed by atoms with van der Waals surface area (Å²) >= 11 is 0. The van der Waals surface area contributed by atoms with Crippen LogP contribution in [0, 0.1) is 0 Å². The Morgan fingerprint density at radius 1 is 0.550 bits per heavy atom. The van der Waals surface area contributed by atoms with Gasteiger partial charge >= 0.3 is 27.6 Å². The number of unbranched alkanes of at least 4 members (excludes halogenated alkanes) is 11. The highest BCUT2D eigenvalue weighted by atomic mass is 31.2. The highest BCUT2D eigenvalue weighted by Gasteiger charge is 2.28. The number of aliphatic hydroxyl groups is 1. The zero-order chi connectivity index (χ0) is 44.6. The SMILES string of the molecule is CC/C=C\C/C=C\C/C=C\C/C=C\CCCCCCC(=O)O[C@H](COC(=O)CCCCCCCC(=O)/C=C/C=C\CCCCC)COP(=O)(O)OC[C@@H](O)COP(=O)(O)O. The molecule has 14 nitrogen and oxygen atoms in total. The molecule has 60 heavy (non-hydrogen) atoms. The van der Waals surface area contributed by atoms with Crippen LogP contribution in [-0.2, 0) is 46.6 Å². The van der Waals surface area contributed by atoms with Gasteiger partial charge in [-0.05, 0) is 76.7 Å². The molecule has 0 fully saturated rings. The van der Waals surface area contributed by atoms with Crippen molar-refractivity contribution in [3.05, 3.63) is 72.9 Å². The maximum Gasteiger partial charge on any atom is 0.472 e. The molecule has 4 N–H and O–H groups in total. The van der Waals surface area contributed by atoms with Gasteiger partial charge in [0.25, 0.3) is 0 Å². The van der Waals surface area contributed by atoms with Gasteiger partial charge in [0.1, 0.15) is 12.7 Å². The zero-order valence-electron chi connectivity index (χ0n) is 36.0. The summed E-state index contributed by atoms with van der Waals surface area (Å²) in [5.41, 5.74) is 0. The Hall–Kier alpha value is -2.77. The number of hydrogen-bond donors (Lipinski definition) is 4. The van der Waals surface area contributed by atoms with E-state index in [0.717, 1.165) is 89.9 Å². The van der Waals surface area contributed by atoms with E-state index in [1.54, 1.807) is 12.2 Å². The van der Waals surface area contributed by atoms with Crippen molar-refractivity contribution in [2.24, 2.45) is 0 Å². The van der Waals surface area contributed by atoms with Gasteiger partial charge in [-0.25, -0.2) is 9.13 Å². The number of rotatable bonds is 40. The fourth-order valence-electron chi connectivity index (χ4n) is 5.26. The summed E-state index contributed by atoms with van der Waals surface area (Å²) in [5.74, 6) is -1.08. The highest BCUT2D eigenvalue weighted by molar-refractivity contribution is 7.47. The number of carbonyl (C=O) groups is 3. The number of aliphatic hydroxyl groups excluding tert-OH is 1. The Bertz CT molecular complexity index is 1400. The van der Waals surface area contributed by atoms with E-state index in [4.69, 9.17) is 23.8 Å². The van der Waals surface area contributed by atoms with E-state index >= 15 is 0 Å². The van der Waals surface area contributed by atoms with Gasteiger partial charge in [0.05, 0.1) is 19.8 Å². The van der Waals surface area contributed by atoms with Crippen LogP contribution in [0.2, 0.25) is 0 Å². The third-order valence-electron chi connectivity index (χ3n) is 8.55. The Morgan fingerprint density at radius 3 is 1.70 bits per heavy atom. The lowest BCUT2D eigenvalue weighted by Crippen LogP contribution is -2.30. The molecule has 0 aromatic heterocycles. The van der Waals surface area contributed by atoms with Gasteiger partial charge in [-0.3, -0.25) is 28.0 Å². The molecule has 0 aliphatic heterocycles. The normalized spacial score (nSPS) is 14.6. The number of carbonyl (C=O) groups excluding carboxylic acids is 3. The maximum atomic E-state index is 12.7. The zero-order valence-corrected chi connectivity index (χ0v) is 37.8. The van der Waals surface area contributed by atoms with Crippen molar-refractivity contribution < 1.29 is 66.3 Å². The van der Waals surface area contributed by atoms with Crippen LogP contribution in [0.1, 0.15) is 149 Å². The number of allylic oxidation sites excluding steroid dienone is 12. The number of hydrogen-bond acceptors (Lipinski definition) is 11. The summed E-state index contributed by atoms with van der Waals surface area (Å²) in [6.45, 7) is 1.42. The monoisotopic (exact) mass is 888 g/mol. The predicted molar refractivity (Wildman–Crippen MR) is 235 cm³/mol. The maximum absolute atomic E-state index is 12.7. The molecule has 0 bridgehead atoms. The summed E-state index contributed by atoms with van der Waals surface area (Å²) in [6.07, 6.45) is 38.6. The van der Waals surface area contributed by atoms with Gasteiger partial charge in [-0.1, -0.05) is 126 Å². The lowest BCUT2D eigenvalue weighted by atomic mass is 10.1. The van der Waals surface area contributed by atoms with Crippen LogP contribution >= 0.6 is 15.6 Å². The van der Waals surface area contributed by atoms with E-state index in [2.05, 4.69) is 77.6 Å². The average molecular weight is 889 g/mol. The van der Waals surface area contributed by atoms with Crippen molar-refractivity contribution in [1.29, 1.82) is 0 Å². The Morgan fingerprint density at radius 2 is 1.07 bits per heavy atom. The van der Waals surface area contributed by atoms with E-state index in [1.807, 2.05) is 6.08 Å². The lowest BCUT2D eigenvalue weighted by Gasteiger charge is -2.20. The molecule has 0 aromatic rings. The highest BCUT2D eigenvalue weighted by Crippen LogP contribution is 2.43. The van der Waals surface area contributed by atoms with E-state index in [-0.39, 0.29) is 18.6 Å². The molecule has 0 spiro atoms. The Labute approximate surface area is 359 Å². The first-order chi connectivity index (χ1) is 28.8. The molecule has 0 rings (SSSR count). The molecule has 0 heterocycles. The van der Waals surface area contributed by atoms with Crippen LogP contribution in [0.5, 0.6) is 0 Å². The van der Waals surface area contributed by atoms with Gasteiger partial charge in [0, 0.05) is 19.3 Å². The van der Waals surface area contributed by atoms with Gasteiger partial charge in [-0.2, -0.15) is 0 Å². The lowest BCUT2D eigenvalue weighted by molar-refractivity contribution is -0.161. The number of ether oxygens (including phenoxy) is 2. The topological polar surface area (TPSA) is 212 Å². The van der Waals surface area contributed by atoms with Crippen LogP contribution in [0.25, 0.3) is 0 Å². The van der Waals surface area contributed by atoms with Gasteiger partial charge in [0.2, 0.25) is 0 Å². The summed E-state index contributed by atoms with van der Waals surface area (Å²) in [7, 11) is -9.73. The molecule has 0 aliphatic rings. The van der Waals surface area contributed by atoms with Crippen molar-refractivity contribution in [1.82, 2.24) is 0 Å². The predicted octanol–water partition coefficient (Wildman–Crippen LogP) is 10.2. The second-order valence-corrected chi connectivity index (χ2v) is 17.0. The van der Waals surface area contributed by atoms with Crippen molar-refractivity contribution in [2.45, 2.75) is 161 Å². The first-order valence-electron chi connectivity index (χ1n) is 21.6.